The van der Waals surface area contributed by atoms with E-state index in [1.807, 2.05) is 6.20 Å². The van der Waals surface area contributed by atoms with Gasteiger partial charge in [-0.1, -0.05) is 20.8 Å². The fourth-order valence-electron chi connectivity index (χ4n) is 1.34. The Morgan fingerprint density at radius 1 is 1.36 bits per heavy atom. The molecule has 0 aliphatic carbocycles. The molecule has 0 amide bonds. The van der Waals surface area contributed by atoms with Gasteiger partial charge in [0.2, 0.25) is 0 Å². The van der Waals surface area contributed by atoms with E-state index in [1.165, 1.54) is 16.3 Å². The van der Waals surface area contributed by atoms with Crippen LogP contribution in [0.5, 0.6) is 0 Å². The molecule has 1 heterocycles. The summed E-state index contributed by atoms with van der Waals surface area (Å²) in [5, 5.41) is 0. The Hall–Kier alpha value is -0.570. The van der Waals surface area contributed by atoms with Gasteiger partial charge < -0.3 is 0 Å². The minimum atomic E-state index is -0.699. The molecule has 14 heavy (non-hydrogen) atoms. The van der Waals surface area contributed by atoms with Crippen LogP contribution in [-0.2, 0) is 0 Å². The summed E-state index contributed by atoms with van der Waals surface area (Å²) in [6.07, 6.45) is 8.32. The fraction of sp³-hybridized carbons (Fsp3) is 0.636. The zero-order chi connectivity index (χ0) is 10.8. The van der Waals surface area contributed by atoms with Crippen LogP contribution in [0.15, 0.2) is 17.4 Å². The summed E-state index contributed by atoms with van der Waals surface area (Å²) < 4.78 is 0. The molecule has 0 fully saturated rings. The van der Waals surface area contributed by atoms with Crippen LogP contribution in [0.4, 0.5) is 0 Å². The minimum Gasteiger partial charge on any atom is -0.244 e. The molecule has 1 rings (SSSR count). The Morgan fingerprint density at radius 2 is 2.00 bits per heavy atom. The van der Waals surface area contributed by atoms with Crippen LogP contribution in [0.25, 0.3) is 0 Å². The van der Waals surface area contributed by atoms with Gasteiger partial charge in [-0.15, -0.1) is 0 Å². The molecule has 0 aliphatic rings. The van der Waals surface area contributed by atoms with Crippen molar-refractivity contribution in [2.24, 2.45) is 0 Å². The average molecular weight is 212 g/mol. The molecule has 80 valence electrons. The highest BCUT2D eigenvalue weighted by molar-refractivity contribution is 8.32. The molecule has 0 radical (unpaired) electrons. The molecule has 1 aromatic rings. The number of hydrogen-bond acceptors (Lipinski definition) is 2. The van der Waals surface area contributed by atoms with Gasteiger partial charge in [0.05, 0.1) is 5.69 Å². The largest absolute Gasteiger partial charge is 0.244 e. The number of nitrogens with zero attached hydrogens (tertiary/aromatic N) is 2. The highest BCUT2D eigenvalue weighted by atomic mass is 32.3. The normalized spacial score (nSPS) is 13.3. The van der Waals surface area contributed by atoms with E-state index in [4.69, 9.17) is 0 Å². The van der Waals surface area contributed by atoms with Crippen LogP contribution in [0.3, 0.4) is 0 Å². The Kier molecular flexibility index (Phi) is 3.53. The third kappa shape index (κ3) is 2.27. The number of hydrogen-bond donors (Lipinski definition) is 0. The second kappa shape index (κ2) is 4.30. The fourth-order valence-corrected chi connectivity index (χ4v) is 2.85. The van der Waals surface area contributed by atoms with Gasteiger partial charge in [-0.2, -0.15) is 0 Å². The predicted octanol–water partition coefficient (Wildman–Crippen LogP) is 3.04. The molecule has 0 aromatic carbocycles. The molecule has 0 N–H and O–H groups in total. The summed E-state index contributed by atoms with van der Waals surface area (Å²) in [6.45, 7) is 6.63. The zero-order valence-corrected chi connectivity index (χ0v) is 10.6. The summed E-state index contributed by atoms with van der Waals surface area (Å²) in [7, 11) is -0.699. The lowest BCUT2D eigenvalue weighted by Gasteiger charge is -2.31. The van der Waals surface area contributed by atoms with E-state index in [1.54, 1.807) is 6.33 Å². The topological polar surface area (TPSA) is 25.8 Å². The van der Waals surface area contributed by atoms with Gasteiger partial charge >= 0.3 is 0 Å². The smallest absolute Gasteiger partial charge is 0.115 e. The van der Waals surface area contributed by atoms with Gasteiger partial charge in [0.15, 0.2) is 0 Å². The Bertz CT molecular complexity index is 308. The summed E-state index contributed by atoms with van der Waals surface area (Å²) in [4.78, 5) is 9.93. The van der Waals surface area contributed by atoms with Crippen LogP contribution in [0, 0.1) is 0 Å². The first-order valence-electron chi connectivity index (χ1n) is 5.00. The van der Waals surface area contributed by atoms with E-state index in [-0.39, 0.29) is 0 Å². The molecule has 1 aromatic heterocycles. The Balaban J connectivity index is 3.20. The first-order chi connectivity index (χ1) is 6.49. The summed E-state index contributed by atoms with van der Waals surface area (Å²) in [5.41, 5.74) is 1.22. The van der Waals surface area contributed by atoms with Crippen LogP contribution in [0.2, 0.25) is 0 Å². The van der Waals surface area contributed by atoms with E-state index in [9.17, 15) is 0 Å². The van der Waals surface area contributed by atoms with Gasteiger partial charge in [0, 0.05) is 11.1 Å². The first-order valence-corrected chi connectivity index (χ1v) is 7.62. The lowest BCUT2D eigenvalue weighted by molar-refractivity contribution is 0.780. The molecule has 0 saturated heterocycles. The summed E-state index contributed by atoms with van der Waals surface area (Å²) >= 11 is 0. The molecule has 0 saturated carbocycles. The van der Waals surface area contributed by atoms with Crippen molar-refractivity contribution in [2.75, 3.05) is 18.3 Å². The highest BCUT2D eigenvalue weighted by Crippen LogP contribution is 2.50. The Labute approximate surface area is 88.5 Å². The van der Waals surface area contributed by atoms with Crippen molar-refractivity contribution in [1.82, 2.24) is 9.97 Å². The van der Waals surface area contributed by atoms with Gasteiger partial charge in [0.25, 0.3) is 0 Å². The Morgan fingerprint density at radius 3 is 2.50 bits per heavy atom. The van der Waals surface area contributed by atoms with Crippen molar-refractivity contribution < 1.29 is 0 Å². The quantitative estimate of drug-likeness (QED) is 0.769. The standard InChI is InChI=1S/C11H20N2S/c1-6-14(4,5)10-7-12-8-13-11(10)9(2)3/h7-9H,6H2,1-5H3. The maximum absolute atomic E-state index is 4.40. The number of aromatic nitrogens is 2. The van der Waals surface area contributed by atoms with Gasteiger partial charge in [-0.25, -0.2) is 20.0 Å². The van der Waals surface area contributed by atoms with Gasteiger partial charge in [-0.05, 0) is 24.2 Å². The molecule has 0 atom stereocenters. The molecular formula is C11H20N2S. The number of rotatable bonds is 3. The molecule has 2 nitrogen and oxygen atoms in total. The summed E-state index contributed by atoms with van der Waals surface area (Å²) in [5.74, 6) is 1.69. The van der Waals surface area contributed by atoms with Crippen LogP contribution in [0.1, 0.15) is 32.4 Å². The minimum absolute atomic E-state index is 0.492. The van der Waals surface area contributed by atoms with Crippen LogP contribution in [-0.4, -0.2) is 28.2 Å². The zero-order valence-electron chi connectivity index (χ0n) is 9.74. The van der Waals surface area contributed by atoms with Crippen LogP contribution < -0.4 is 0 Å². The molecular weight excluding hydrogens is 192 g/mol. The SMILES string of the molecule is CCS(C)(C)c1cncnc1C(C)C. The van der Waals surface area contributed by atoms with E-state index in [2.05, 4.69) is 43.3 Å². The molecule has 0 unspecified atom stereocenters. The lowest BCUT2D eigenvalue weighted by Crippen LogP contribution is -2.06. The third-order valence-corrected chi connectivity index (χ3v) is 5.52. The molecule has 0 aliphatic heterocycles. The van der Waals surface area contributed by atoms with Crippen molar-refractivity contribution in [3.05, 3.63) is 18.2 Å². The lowest BCUT2D eigenvalue weighted by atomic mass is 10.1. The van der Waals surface area contributed by atoms with Crippen molar-refractivity contribution in [3.8, 4) is 0 Å². The van der Waals surface area contributed by atoms with E-state index >= 15 is 0 Å². The van der Waals surface area contributed by atoms with Crippen molar-refractivity contribution >= 4 is 10.0 Å². The van der Waals surface area contributed by atoms with Gasteiger partial charge in [0.1, 0.15) is 6.33 Å². The maximum Gasteiger partial charge on any atom is 0.115 e. The van der Waals surface area contributed by atoms with E-state index in [0.29, 0.717) is 5.92 Å². The van der Waals surface area contributed by atoms with Crippen molar-refractivity contribution in [1.29, 1.82) is 0 Å². The van der Waals surface area contributed by atoms with Crippen molar-refractivity contribution in [3.63, 3.8) is 0 Å². The monoisotopic (exact) mass is 212 g/mol. The maximum atomic E-state index is 4.40. The molecule has 0 spiro atoms. The van der Waals surface area contributed by atoms with Crippen molar-refractivity contribution in [2.45, 2.75) is 31.6 Å². The second-order valence-corrected chi connectivity index (χ2v) is 8.35. The predicted molar refractivity (Wildman–Crippen MR) is 64.4 cm³/mol. The first kappa shape index (κ1) is 11.5. The molecule has 0 bridgehead atoms. The average Bonchev–Trinajstić information content (AvgIpc) is 2.18. The van der Waals surface area contributed by atoms with Gasteiger partial charge in [-0.3, -0.25) is 0 Å². The highest BCUT2D eigenvalue weighted by Gasteiger charge is 2.19. The second-order valence-electron chi connectivity index (χ2n) is 4.25. The third-order valence-electron chi connectivity index (χ3n) is 2.57. The van der Waals surface area contributed by atoms with Crippen LogP contribution >= 0.6 is 10.0 Å². The molecule has 3 heteroatoms. The summed E-state index contributed by atoms with van der Waals surface area (Å²) in [6, 6.07) is 0. The van der Waals surface area contributed by atoms with E-state index < -0.39 is 10.0 Å². The van der Waals surface area contributed by atoms with E-state index in [0.717, 1.165) is 0 Å².